The van der Waals surface area contributed by atoms with Gasteiger partial charge < -0.3 is 10.1 Å². The Hall–Kier alpha value is -1.32. The molecule has 2 nitrogen and oxygen atoms in total. The van der Waals surface area contributed by atoms with Gasteiger partial charge in [0.1, 0.15) is 12.4 Å². The van der Waals surface area contributed by atoms with Gasteiger partial charge in [0.05, 0.1) is 0 Å². The molecule has 0 radical (unpaired) electrons. The maximum atomic E-state index is 5.97. The zero-order chi connectivity index (χ0) is 15.2. The Labute approximate surface area is 132 Å². The van der Waals surface area contributed by atoms with Gasteiger partial charge in [-0.3, -0.25) is 0 Å². The third-order valence-electron chi connectivity index (χ3n) is 3.54. The van der Waals surface area contributed by atoms with E-state index >= 15 is 0 Å². The first-order chi connectivity index (χ1) is 10.1. The predicted octanol–water partition coefficient (Wildman–Crippen LogP) is 4.87. The molecule has 0 bridgehead atoms. The number of rotatable bonds is 7. The molecular weight excluding hydrogens is 278 g/mol. The lowest BCUT2D eigenvalue weighted by atomic mass is 10.0. The van der Waals surface area contributed by atoms with E-state index in [1.807, 2.05) is 17.4 Å². The van der Waals surface area contributed by atoms with E-state index in [0.717, 1.165) is 18.8 Å². The fourth-order valence-corrected chi connectivity index (χ4v) is 3.21. The number of ether oxygens (including phenoxy) is 1. The molecule has 2 rings (SSSR count). The summed E-state index contributed by atoms with van der Waals surface area (Å²) in [5.41, 5.74) is 2.62. The van der Waals surface area contributed by atoms with Crippen LogP contribution in [-0.2, 0) is 13.2 Å². The Morgan fingerprint density at radius 1 is 1.24 bits per heavy atom. The average Bonchev–Trinajstić information content (AvgIpc) is 2.83. The fourth-order valence-electron chi connectivity index (χ4n) is 2.19. The van der Waals surface area contributed by atoms with Crippen LogP contribution in [0.3, 0.4) is 0 Å². The normalized spacial score (nSPS) is 11.1. The van der Waals surface area contributed by atoms with Gasteiger partial charge in [-0.05, 0) is 43.1 Å². The lowest BCUT2D eigenvalue weighted by Crippen LogP contribution is -2.10. The van der Waals surface area contributed by atoms with Gasteiger partial charge in [0.15, 0.2) is 0 Å². The van der Waals surface area contributed by atoms with Crippen molar-refractivity contribution in [3.8, 4) is 5.75 Å². The summed E-state index contributed by atoms with van der Waals surface area (Å²) in [5.74, 6) is 1.49. The van der Waals surface area contributed by atoms with E-state index in [1.165, 1.54) is 20.9 Å². The third-order valence-corrected chi connectivity index (χ3v) is 4.63. The molecule has 0 aliphatic carbocycles. The summed E-state index contributed by atoms with van der Waals surface area (Å²) >= 11 is 1.85. The molecule has 0 spiro atoms. The number of hydrogen-bond donors (Lipinski definition) is 1. The van der Waals surface area contributed by atoms with Crippen molar-refractivity contribution >= 4 is 11.3 Å². The second kappa shape index (κ2) is 7.62. The predicted molar refractivity (Wildman–Crippen MR) is 91.3 cm³/mol. The van der Waals surface area contributed by atoms with E-state index in [-0.39, 0.29) is 0 Å². The maximum Gasteiger partial charge on any atom is 0.120 e. The highest BCUT2D eigenvalue weighted by atomic mass is 32.1. The summed E-state index contributed by atoms with van der Waals surface area (Å²) in [6.45, 7) is 11.3. The van der Waals surface area contributed by atoms with Crippen LogP contribution in [0.5, 0.6) is 5.75 Å². The monoisotopic (exact) mass is 303 g/mol. The Morgan fingerprint density at radius 3 is 2.76 bits per heavy atom. The number of hydrogen-bond acceptors (Lipinski definition) is 3. The van der Waals surface area contributed by atoms with Crippen LogP contribution in [0.15, 0.2) is 30.3 Å². The van der Waals surface area contributed by atoms with Gasteiger partial charge in [0.25, 0.3) is 0 Å². The summed E-state index contributed by atoms with van der Waals surface area (Å²) in [6.07, 6.45) is 0. The van der Waals surface area contributed by atoms with Gasteiger partial charge in [0, 0.05) is 21.9 Å². The average molecular weight is 303 g/mol. The lowest BCUT2D eigenvalue weighted by molar-refractivity contribution is 0.305. The zero-order valence-corrected chi connectivity index (χ0v) is 14.2. The molecule has 2 aromatic rings. The summed E-state index contributed by atoms with van der Waals surface area (Å²) in [4.78, 5) is 2.73. The molecule has 0 saturated carbocycles. The number of thiophene rings is 1. The molecule has 0 saturated heterocycles. The topological polar surface area (TPSA) is 21.3 Å². The van der Waals surface area contributed by atoms with Crippen LogP contribution in [0.1, 0.15) is 47.6 Å². The first-order valence-electron chi connectivity index (χ1n) is 7.61. The SMILES string of the molecule is CCNCc1cc(COc2cccc(C(C)C)c2)c(C)s1. The van der Waals surface area contributed by atoms with Gasteiger partial charge in [0.2, 0.25) is 0 Å². The number of nitrogens with one attached hydrogen (secondary N) is 1. The molecule has 0 aliphatic heterocycles. The highest BCUT2D eigenvalue weighted by molar-refractivity contribution is 7.12. The molecule has 21 heavy (non-hydrogen) atoms. The first-order valence-corrected chi connectivity index (χ1v) is 8.43. The Morgan fingerprint density at radius 2 is 2.05 bits per heavy atom. The highest BCUT2D eigenvalue weighted by Crippen LogP contribution is 2.25. The summed E-state index contributed by atoms with van der Waals surface area (Å²) < 4.78 is 5.97. The highest BCUT2D eigenvalue weighted by Gasteiger charge is 2.07. The van der Waals surface area contributed by atoms with Crippen LogP contribution >= 0.6 is 11.3 Å². The molecule has 1 N–H and O–H groups in total. The minimum atomic E-state index is 0.531. The molecule has 0 fully saturated rings. The van der Waals surface area contributed by atoms with E-state index < -0.39 is 0 Å². The van der Waals surface area contributed by atoms with Crippen LogP contribution in [0, 0.1) is 6.92 Å². The van der Waals surface area contributed by atoms with E-state index in [2.05, 4.69) is 57.3 Å². The summed E-state index contributed by atoms with van der Waals surface area (Å²) in [7, 11) is 0. The largest absolute Gasteiger partial charge is 0.489 e. The standard InChI is InChI=1S/C18H25NOS/c1-5-19-11-18-10-16(14(4)21-18)12-20-17-8-6-7-15(9-17)13(2)3/h6-10,13,19H,5,11-12H2,1-4H3. The zero-order valence-electron chi connectivity index (χ0n) is 13.4. The van der Waals surface area contributed by atoms with Gasteiger partial charge in [-0.2, -0.15) is 0 Å². The molecule has 1 heterocycles. The number of benzene rings is 1. The van der Waals surface area contributed by atoms with Crippen LogP contribution in [0.4, 0.5) is 0 Å². The van der Waals surface area contributed by atoms with E-state index in [0.29, 0.717) is 12.5 Å². The van der Waals surface area contributed by atoms with Crippen molar-refractivity contribution in [2.75, 3.05) is 6.54 Å². The molecule has 1 aromatic heterocycles. The van der Waals surface area contributed by atoms with Crippen LogP contribution < -0.4 is 10.1 Å². The van der Waals surface area contributed by atoms with Gasteiger partial charge in [-0.25, -0.2) is 0 Å². The van der Waals surface area contributed by atoms with Gasteiger partial charge >= 0.3 is 0 Å². The lowest BCUT2D eigenvalue weighted by Gasteiger charge is -2.09. The Balaban J connectivity index is 1.99. The van der Waals surface area contributed by atoms with Crippen molar-refractivity contribution in [1.82, 2.24) is 5.32 Å². The van der Waals surface area contributed by atoms with Gasteiger partial charge in [-0.15, -0.1) is 11.3 Å². The van der Waals surface area contributed by atoms with Crippen LogP contribution in [-0.4, -0.2) is 6.54 Å². The third kappa shape index (κ3) is 4.58. The van der Waals surface area contributed by atoms with Crippen molar-refractivity contribution in [3.63, 3.8) is 0 Å². The first kappa shape index (κ1) is 16.1. The molecule has 0 unspecified atom stereocenters. The summed E-state index contributed by atoms with van der Waals surface area (Å²) in [6, 6.07) is 10.7. The Bertz CT molecular complexity index is 574. The van der Waals surface area contributed by atoms with Crippen molar-refractivity contribution in [3.05, 3.63) is 51.2 Å². The minimum Gasteiger partial charge on any atom is -0.489 e. The van der Waals surface area contributed by atoms with E-state index in [1.54, 1.807) is 0 Å². The van der Waals surface area contributed by atoms with Crippen molar-refractivity contribution < 1.29 is 4.74 Å². The summed E-state index contributed by atoms with van der Waals surface area (Å²) in [5, 5.41) is 3.37. The van der Waals surface area contributed by atoms with Crippen molar-refractivity contribution in [1.29, 1.82) is 0 Å². The molecule has 3 heteroatoms. The minimum absolute atomic E-state index is 0.531. The second-order valence-electron chi connectivity index (χ2n) is 5.59. The maximum absolute atomic E-state index is 5.97. The molecule has 114 valence electrons. The second-order valence-corrected chi connectivity index (χ2v) is 6.93. The quantitative estimate of drug-likeness (QED) is 0.788. The fraction of sp³-hybridized carbons (Fsp3) is 0.444. The van der Waals surface area contributed by atoms with Crippen LogP contribution in [0.2, 0.25) is 0 Å². The Kier molecular flexibility index (Phi) is 5.83. The van der Waals surface area contributed by atoms with Crippen molar-refractivity contribution in [2.45, 2.75) is 46.8 Å². The van der Waals surface area contributed by atoms with Crippen molar-refractivity contribution in [2.24, 2.45) is 0 Å². The molecule has 0 atom stereocenters. The van der Waals surface area contributed by atoms with Gasteiger partial charge in [-0.1, -0.05) is 32.9 Å². The molecule has 0 amide bonds. The van der Waals surface area contributed by atoms with E-state index in [4.69, 9.17) is 4.74 Å². The van der Waals surface area contributed by atoms with Crippen LogP contribution in [0.25, 0.3) is 0 Å². The smallest absolute Gasteiger partial charge is 0.120 e. The molecular formula is C18H25NOS. The molecule has 1 aromatic carbocycles. The van der Waals surface area contributed by atoms with E-state index in [9.17, 15) is 0 Å². The number of aryl methyl sites for hydroxylation is 1. The molecule has 0 aliphatic rings.